The van der Waals surface area contributed by atoms with Gasteiger partial charge in [0.25, 0.3) is 5.91 Å². The molecule has 4 rings (SSSR count). The second-order valence-corrected chi connectivity index (χ2v) is 9.59. The quantitative estimate of drug-likeness (QED) is 0.534. The number of carbonyl (C=O) groups is 2. The van der Waals surface area contributed by atoms with Crippen molar-refractivity contribution < 1.29 is 14.3 Å². The average molecular weight is 465 g/mol. The average Bonchev–Trinajstić information content (AvgIpc) is 3.04. The molecule has 7 heteroatoms. The number of piperidine rings is 1. The topological polar surface area (TPSA) is 56.3 Å². The van der Waals surface area contributed by atoms with Crippen molar-refractivity contribution in [3.8, 4) is 5.75 Å². The van der Waals surface area contributed by atoms with Crippen LogP contribution in [0.5, 0.6) is 5.75 Å². The first-order chi connectivity index (χ1) is 16.4. The van der Waals surface area contributed by atoms with E-state index in [9.17, 15) is 9.59 Å². The lowest BCUT2D eigenvalue weighted by Gasteiger charge is -2.42. The fourth-order valence-electron chi connectivity index (χ4n) is 5.03. The van der Waals surface area contributed by atoms with Crippen LogP contribution < -0.4 is 4.74 Å². The van der Waals surface area contributed by atoms with Crippen molar-refractivity contribution >= 4 is 11.9 Å². The zero-order valence-corrected chi connectivity index (χ0v) is 20.6. The number of likely N-dealkylation sites (N-methyl/N-ethyl adjacent to an activating group) is 1. The van der Waals surface area contributed by atoms with Crippen LogP contribution in [-0.4, -0.2) is 91.0 Å². The number of imide groups is 1. The summed E-state index contributed by atoms with van der Waals surface area (Å²) >= 11 is 0. The summed E-state index contributed by atoms with van der Waals surface area (Å²) in [5.74, 6) is 0.793. The number of benzene rings is 2. The molecule has 0 atom stereocenters. The summed E-state index contributed by atoms with van der Waals surface area (Å²) in [6.45, 7) is 4.10. The van der Waals surface area contributed by atoms with Gasteiger partial charge in [0.1, 0.15) is 11.3 Å². The number of hydrogen-bond acceptors (Lipinski definition) is 5. The molecule has 182 valence electrons. The van der Waals surface area contributed by atoms with E-state index in [4.69, 9.17) is 4.74 Å². The largest absolute Gasteiger partial charge is 0.497 e. The predicted octanol–water partition coefficient (Wildman–Crippen LogP) is 3.10. The van der Waals surface area contributed by atoms with Crippen molar-refractivity contribution in [1.82, 2.24) is 19.6 Å². The van der Waals surface area contributed by atoms with E-state index in [0.29, 0.717) is 38.9 Å². The summed E-state index contributed by atoms with van der Waals surface area (Å²) in [5.41, 5.74) is 1.67. The van der Waals surface area contributed by atoms with E-state index in [1.165, 1.54) is 10.5 Å². The van der Waals surface area contributed by atoms with Crippen LogP contribution in [0.1, 0.15) is 24.0 Å². The summed E-state index contributed by atoms with van der Waals surface area (Å²) in [6, 6.07) is 18.2. The highest BCUT2D eigenvalue weighted by Crippen LogP contribution is 2.37. The van der Waals surface area contributed by atoms with Crippen LogP contribution in [0.2, 0.25) is 0 Å². The molecule has 1 spiro atoms. The Labute approximate surface area is 202 Å². The highest BCUT2D eigenvalue weighted by Gasteiger charge is 2.57. The van der Waals surface area contributed by atoms with E-state index >= 15 is 0 Å². The second kappa shape index (κ2) is 10.6. The molecular weight excluding hydrogens is 428 g/mol. The number of carbonyl (C=O) groups excluding carboxylic acids is 2. The van der Waals surface area contributed by atoms with E-state index in [1.807, 2.05) is 54.2 Å². The van der Waals surface area contributed by atoms with E-state index in [-0.39, 0.29) is 11.9 Å². The van der Waals surface area contributed by atoms with Crippen molar-refractivity contribution in [3.63, 3.8) is 0 Å². The molecule has 0 unspecified atom stereocenters. The number of amides is 3. The molecule has 0 N–H and O–H groups in total. The molecule has 0 aliphatic carbocycles. The van der Waals surface area contributed by atoms with Gasteiger partial charge in [0.15, 0.2) is 0 Å². The van der Waals surface area contributed by atoms with E-state index in [1.54, 1.807) is 7.11 Å². The highest BCUT2D eigenvalue weighted by molar-refractivity contribution is 6.07. The number of urea groups is 1. The van der Waals surface area contributed by atoms with Gasteiger partial charge in [-0.1, -0.05) is 42.5 Å². The summed E-state index contributed by atoms with van der Waals surface area (Å²) in [5, 5.41) is 0. The lowest BCUT2D eigenvalue weighted by Crippen LogP contribution is -2.56. The Kier molecular flexibility index (Phi) is 7.54. The van der Waals surface area contributed by atoms with Gasteiger partial charge in [-0.25, -0.2) is 4.79 Å². The van der Waals surface area contributed by atoms with E-state index < -0.39 is 5.54 Å². The number of methoxy groups -OCH3 is 1. The third-order valence-electron chi connectivity index (χ3n) is 7.11. The van der Waals surface area contributed by atoms with Crippen LogP contribution in [0.25, 0.3) is 0 Å². The molecular formula is C27H36N4O3. The fourth-order valence-corrected chi connectivity index (χ4v) is 5.03. The Morgan fingerprint density at radius 3 is 2.21 bits per heavy atom. The van der Waals surface area contributed by atoms with Crippen LogP contribution in [0, 0.1) is 0 Å². The minimum Gasteiger partial charge on any atom is -0.497 e. The third kappa shape index (κ3) is 5.10. The van der Waals surface area contributed by atoms with Gasteiger partial charge in [-0.15, -0.1) is 0 Å². The van der Waals surface area contributed by atoms with Crippen LogP contribution in [0.3, 0.4) is 0 Å². The summed E-state index contributed by atoms with van der Waals surface area (Å²) in [6.07, 6.45) is 2.05. The minimum absolute atomic E-state index is 0.0200. The van der Waals surface area contributed by atoms with Crippen LogP contribution >= 0.6 is 0 Å². The molecule has 2 saturated heterocycles. The Morgan fingerprint density at radius 1 is 0.912 bits per heavy atom. The zero-order chi connectivity index (χ0) is 24.1. The lowest BCUT2D eigenvalue weighted by molar-refractivity contribution is -0.135. The predicted molar refractivity (Wildman–Crippen MR) is 133 cm³/mol. The first kappa shape index (κ1) is 24.2. The van der Waals surface area contributed by atoms with Gasteiger partial charge in [0, 0.05) is 39.3 Å². The number of hydrogen-bond donors (Lipinski definition) is 0. The molecule has 2 fully saturated rings. The van der Waals surface area contributed by atoms with Crippen LogP contribution in [-0.2, 0) is 17.8 Å². The van der Waals surface area contributed by atoms with Gasteiger partial charge in [0.05, 0.1) is 7.11 Å². The molecule has 7 nitrogen and oxygen atoms in total. The molecule has 0 saturated carbocycles. The summed E-state index contributed by atoms with van der Waals surface area (Å²) < 4.78 is 5.26. The van der Waals surface area contributed by atoms with Gasteiger partial charge < -0.3 is 14.5 Å². The molecule has 2 heterocycles. The number of likely N-dealkylation sites (tertiary alicyclic amines) is 1. The maximum Gasteiger partial charge on any atom is 0.327 e. The molecule has 0 radical (unpaired) electrons. The maximum absolute atomic E-state index is 13.7. The van der Waals surface area contributed by atoms with Crippen LogP contribution in [0.4, 0.5) is 4.79 Å². The molecule has 2 aliphatic heterocycles. The number of rotatable bonds is 9. The monoisotopic (exact) mass is 464 g/mol. The Bertz CT molecular complexity index is 969. The maximum atomic E-state index is 13.7. The smallest absolute Gasteiger partial charge is 0.327 e. The standard InChI is InChI=1S/C27H36N4O3/c1-28(2)19-20-30-25(32)27(14-17-29(18-15-27)21-23-7-5-4-6-8-23)31(26(30)33)16-13-22-9-11-24(34-3)12-10-22/h4-12H,13-21H2,1-3H3. The van der Waals surface area contributed by atoms with E-state index in [2.05, 4.69) is 29.2 Å². The lowest BCUT2D eigenvalue weighted by atomic mass is 9.85. The first-order valence-corrected chi connectivity index (χ1v) is 12.1. The Hall–Kier alpha value is -2.90. The highest BCUT2D eigenvalue weighted by atomic mass is 16.5. The zero-order valence-electron chi connectivity index (χ0n) is 20.6. The fraction of sp³-hybridized carbons (Fsp3) is 0.481. The Morgan fingerprint density at radius 2 is 1.59 bits per heavy atom. The molecule has 3 amide bonds. The van der Waals surface area contributed by atoms with Crippen molar-refractivity contribution in [2.24, 2.45) is 0 Å². The third-order valence-corrected chi connectivity index (χ3v) is 7.11. The van der Waals surface area contributed by atoms with Crippen molar-refractivity contribution in [3.05, 3.63) is 65.7 Å². The van der Waals surface area contributed by atoms with E-state index in [0.717, 1.165) is 30.9 Å². The normalized spacial score (nSPS) is 18.4. The molecule has 34 heavy (non-hydrogen) atoms. The molecule has 0 aromatic heterocycles. The van der Waals surface area contributed by atoms with Gasteiger partial charge >= 0.3 is 6.03 Å². The summed E-state index contributed by atoms with van der Waals surface area (Å²) in [7, 11) is 5.58. The second-order valence-electron chi connectivity index (χ2n) is 9.59. The first-order valence-electron chi connectivity index (χ1n) is 12.1. The minimum atomic E-state index is -0.733. The van der Waals surface area contributed by atoms with Crippen LogP contribution in [0.15, 0.2) is 54.6 Å². The molecule has 0 bridgehead atoms. The molecule has 2 aromatic carbocycles. The van der Waals surface area contributed by atoms with Gasteiger partial charge in [-0.05, 0) is 56.6 Å². The van der Waals surface area contributed by atoms with Crippen molar-refractivity contribution in [2.75, 3.05) is 53.9 Å². The Balaban J connectivity index is 1.49. The van der Waals surface area contributed by atoms with Gasteiger partial charge in [0.2, 0.25) is 0 Å². The molecule has 2 aromatic rings. The van der Waals surface area contributed by atoms with Crippen molar-refractivity contribution in [2.45, 2.75) is 31.3 Å². The van der Waals surface area contributed by atoms with Gasteiger partial charge in [-0.3, -0.25) is 14.6 Å². The summed E-state index contributed by atoms with van der Waals surface area (Å²) in [4.78, 5) is 34.9. The molecule has 2 aliphatic rings. The SMILES string of the molecule is COc1ccc(CCN2C(=O)N(CCN(C)C)C(=O)C23CCN(Cc2ccccc2)CC3)cc1. The number of nitrogens with zero attached hydrogens (tertiary/aromatic N) is 4. The number of ether oxygens (including phenoxy) is 1. The van der Waals surface area contributed by atoms with Gasteiger partial charge in [-0.2, -0.15) is 0 Å². The van der Waals surface area contributed by atoms with Crippen molar-refractivity contribution in [1.29, 1.82) is 0 Å².